The van der Waals surface area contributed by atoms with E-state index in [9.17, 15) is 21.0 Å². The van der Waals surface area contributed by atoms with Crippen LogP contribution in [0.2, 0.25) is 0 Å². The summed E-state index contributed by atoms with van der Waals surface area (Å²) in [6.07, 6.45) is 1.81. The van der Waals surface area contributed by atoms with E-state index >= 15 is 0 Å². The van der Waals surface area contributed by atoms with Crippen molar-refractivity contribution in [1.82, 2.24) is 0 Å². The van der Waals surface area contributed by atoms with E-state index in [1.165, 1.54) is 0 Å². The zero-order valence-corrected chi connectivity index (χ0v) is 12.3. The number of sulfonamides is 1. The van der Waals surface area contributed by atoms with Crippen molar-refractivity contribution < 1.29 is 29.8 Å². The Labute approximate surface area is 113 Å². The van der Waals surface area contributed by atoms with Crippen LogP contribution in [-0.2, 0) is 31.2 Å². The fourth-order valence-electron chi connectivity index (χ4n) is 1.16. The fourth-order valence-corrected chi connectivity index (χ4v) is 2.66. The summed E-state index contributed by atoms with van der Waals surface area (Å²) in [5.41, 5.74) is -0.141. The Bertz CT molecular complexity index is 708. The minimum atomic E-state index is -3.64. The number of benzene rings is 1. The van der Waals surface area contributed by atoms with Crippen LogP contribution in [0, 0.1) is 0 Å². The Balaban J connectivity index is 3.36. The highest BCUT2D eigenvalue weighted by molar-refractivity contribution is 7.92. The molecule has 1 rings (SSSR count). The van der Waals surface area contributed by atoms with Crippen LogP contribution in [-0.4, -0.2) is 38.1 Å². The van der Waals surface area contributed by atoms with Crippen LogP contribution in [0.5, 0.6) is 5.75 Å². The largest absolute Gasteiger partial charge is 0.378 e. The Morgan fingerprint density at radius 3 is 2.21 bits per heavy atom. The van der Waals surface area contributed by atoms with Crippen LogP contribution in [0.25, 0.3) is 0 Å². The molecule has 0 spiro atoms. The van der Waals surface area contributed by atoms with Crippen molar-refractivity contribution in [2.75, 3.05) is 17.2 Å². The highest BCUT2D eigenvalue weighted by Gasteiger charge is 2.15. The number of nitrogens with one attached hydrogen (secondary N) is 1. The standard InChI is InChI=1S/C8H11NO7S3/c1-18(12,13)6-3-4-7(9-19(2,14)15)8(5-6)16-17(10)11/h3-5,9H,1-2H3,(H,10,11). The lowest BCUT2D eigenvalue weighted by molar-refractivity contribution is 0.458. The third-order valence-electron chi connectivity index (χ3n) is 1.84. The maximum absolute atomic E-state index is 11.3. The molecule has 0 saturated carbocycles. The van der Waals surface area contributed by atoms with Gasteiger partial charge in [0.2, 0.25) is 10.0 Å². The first-order valence-electron chi connectivity index (χ1n) is 4.60. The van der Waals surface area contributed by atoms with Crippen molar-refractivity contribution in [3.8, 4) is 5.75 Å². The molecule has 2 N–H and O–H groups in total. The second-order valence-electron chi connectivity index (χ2n) is 3.60. The molecule has 1 aromatic rings. The average Bonchev–Trinajstić information content (AvgIpc) is 2.15. The first-order chi connectivity index (χ1) is 8.49. The molecule has 0 radical (unpaired) electrons. The first kappa shape index (κ1) is 15.9. The van der Waals surface area contributed by atoms with Crippen molar-refractivity contribution in [3.05, 3.63) is 18.2 Å². The predicted octanol–water partition coefficient (Wildman–Crippen LogP) is -0.0229. The molecule has 0 aliphatic carbocycles. The van der Waals surface area contributed by atoms with Gasteiger partial charge in [0.15, 0.2) is 15.6 Å². The molecule has 0 fully saturated rings. The van der Waals surface area contributed by atoms with Gasteiger partial charge < -0.3 is 4.18 Å². The van der Waals surface area contributed by atoms with E-state index in [1.807, 2.05) is 4.72 Å². The smallest absolute Gasteiger partial charge is 0.357 e. The number of hydrogen-bond acceptors (Lipinski definition) is 6. The van der Waals surface area contributed by atoms with Gasteiger partial charge in [-0.05, 0) is 12.1 Å². The summed E-state index contributed by atoms with van der Waals surface area (Å²) in [4.78, 5) is -0.174. The van der Waals surface area contributed by atoms with Gasteiger partial charge in [0.05, 0.1) is 16.8 Å². The van der Waals surface area contributed by atoms with Crippen molar-refractivity contribution in [3.63, 3.8) is 0 Å². The van der Waals surface area contributed by atoms with E-state index in [1.54, 1.807) is 0 Å². The van der Waals surface area contributed by atoms with Crippen molar-refractivity contribution >= 4 is 36.9 Å². The van der Waals surface area contributed by atoms with Gasteiger partial charge in [-0.2, -0.15) is 4.21 Å². The normalized spacial score (nSPS) is 13.8. The zero-order chi connectivity index (χ0) is 14.8. The molecule has 0 amide bonds. The van der Waals surface area contributed by atoms with Crippen molar-refractivity contribution in [2.24, 2.45) is 0 Å². The van der Waals surface area contributed by atoms with E-state index in [0.29, 0.717) is 0 Å². The molecule has 1 atom stereocenters. The third-order valence-corrected chi connectivity index (χ3v) is 3.86. The maximum Gasteiger partial charge on any atom is 0.357 e. The van der Waals surface area contributed by atoms with Crippen LogP contribution in [0.4, 0.5) is 5.69 Å². The quantitative estimate of drug-likeness (QED) is 0.727. The van der Waals surface area contributed by atoms with Crippen LogP contribution in [0.1, 0.15) is 0 Å². The molecule has 0 heterocycles. The third kappa shape index (κ3) is 5.14. The lowest BCUT2D eigenvalue weighted by Gasteiger charge is -2.10. The summed E-state index contributed by atoms with van der Waals surface area (Å²) in [5, 5.41) is 0. The van der Waals surface area contributed by atoms with Crippen LogP contribution >= 0.6 is 0 Å². The summed E-state index contributed by atoms with van der Waals surface area (Å²) in [7, 11) is -7.20. The topological polar surface area (TPSA) is 127 Å². The van der Waals surface area contributed by atoms with Gasteiger partial charge in [0.1, 0.15) is 0 Å². The summed E-state index contributed by atoms with van der Waals surface area (Å²) in [5.74, 6) is -0.366. The molecule has 0 bridgehead atoms. The van der Waals surface area contributed by atoms with Gasteiger partial charge in [-0.1, -0.05) is 0 Å². The number of sulfone groups is 1. The molecule has 0 aliphatic heterocycles. The van der Waals surface area contributed by atoms with E-state index in [4.69, 9.17) is 4.55 Å². The van der Waals surface area contributed by atoms with Gasteiger partial charge in [-0.25, -0.2) is 16.8 Å². The first-order valence-corrected chi connectivity index (χ1v) is 9.41. The molecule has 108 valence electrons. The lowest BCUT2D eigenvalue weighted by Crippen LogP contribution is -2.12. The Kier molecular flexibility index (Phi) is 4.55. The summed E-state index contributed by atoms with van der Waals surface area (Å²) >= 11 is -2.72. The van der Waals surface area contributed by atoms with Crippen molar-refractivity contribution in [1.29, 1.82) is 0 Å². The molecule has 8 nitrogen and oxygen atoms in total. The highest BCUT2D eigenvalue weighted by atomic mass is 32.2. The van der Waals surface area contributed by atoms with Gasteiger partial charge >= 0.3 is 11.4 Å². The molecular weight excluding hydrogens is 318 g/mol. The van der Waals surface area contributed by atoms with E-state index in [0.717, 1.165) is 30.7 Å². The molecule has 1 unspecified atom stereocenters. The number of rotatable bonds is 5. The SMILES string of the molecule is CS(=O)(=O)Nc1ccc(S(C)(=O)=O)cc1OS(=O)O. The maximum atomic E-state index is 11.3. The minimum absolute atomic E-state index is 0.141. The number of hydrogen-bond donors (Lipinski definition) is 2. The monoisotopic (exact) mass is 329 g/mol. The highest BCUT2D eigenvalue weighted by Crippen LogP contribution is 2.29. The van der Waals surface area contributed by atoms with Crippen LogP contribution in [0.3, 0.4) is 0 Å². The minimum Gasteiger partial charge on any atom is -0.378 e. The second kappa shape index (κ2) is 5.45. The molecular formula is C8H11NO7S3. The predicted molar refractivity (Wildman–Crippen MR) is 69.4 cm³/mol. The molecule has 0 aromatic heterocycles. The Morgan fingerprint density at radius 1 is 1.21 bits per heavy atom. The summed E-state index contributed by atoms with van der Waals surface area (Å²) < 4.78 is 70.6. The molecule has 19 heavy (non-hydrogen) atoms. The Hall–Kier alpha value is -1.17. The second-order valence-corrected chi connectivity index (χ2v) is 7.97. The van der Waals surface area contributed by atoms with Crippen LogP contribution < -0.4 is 8.91 Å². The molecule has 1 aromatic carbocycles. The van der Waals surface area contributed by atoms with Gasteiger partial charge in [-0.15, -0.1) is 0 Å². The zero-order valence-electron chi connectivity index (χ0n) is 9.85. The molecule has 11 heteroatoms. The number of anilines is 1. The van der Waals surface area contributed by atoms with Crippen molar-refractivity contribution in [2.45, 2.75) is 4.90 Å². The van der Waals surface area contributed by atoms with E-state index in [-0.39, 0.29) is 16.3 Å². The van der Waals surface area contributed by atoms with Gasteiger partial charge in [-0.3, -0.25) is 9.27 Å². The van der Waals surface area contributed by atoms with Gasteiger partial charge in [0, 0.05) is 12.3 Å². The lowest BCUT2D eigenvalue weighted by atomic mass is 10.3. The van der Waals surface area contributed by atoms with Gasteiger partial charge in [0.25, 0.3) is 0 Å². The summed E-state index contributed by atoms with van der Waals surface area (Å²) in [6.45, 7) is 0. The van der Waals surface area contributed by atoms with Crippen LogP contribution in [0.15, 0.2) is 23.1 Å². The fraction of sp³-hybridized carbons (Fsp3) is 0.250. The Morgan fingerprint density at radius 2 is 1.79 bits per heavy atom. The average molecular weight is 329 g/mol. The van der Waals surface area contributed by atoms with E-state index < -0.39 is 31.2 Å². The van der Waals surface area contributed by atoms with E-state index in [2.05, 4.69) is 4.18 Å². The molecule has 0 saturated heterocycles. The molecule has 0 aliphatic rings. The summed E-state index contributed by atoms with van der Waals surface area (Å²) in [6, 6.07) is 3.23.